The lowest BCUT2D eigenvalue weighted by atomic mass is 10.0. The first-order chi connectivity index (χ1) is 14.5. The van der Waals surface area contributed by atoms with E-state index in [4.69, 9.17) is 47.2 Å². The van der Waals surface area contributed by atoms with Gasteiger partial charge in [-0.25, -0.2) is 9.59 Å². The van der Waals surface area contributed by atoms with Gasteiger partial charge in [0.1, 0.15) is 5.75 Å². The molecule has 1 heterocycles. The van der Waals surface area contributed by atoms with E-state index in [1.54, 1.807) is 13.2 Å². The van der Waals surface area contributed by atoms with Crippen LogP contribution in [0.2, 0.25) is 5.02 Å². The molecule has 1 amide bonds. The number of carbonyl (C=O) groups excluding carboxylic acids is 1. The molecule has 32 heavy (non-hydrogen) atoms. The Morgan fingerprint density at radius 1 is 1.19 bits per heavy atom. The number of aliphatic hydroxyl groups excluding tert-OH is 2. The number of carboxylic acid groups (broad SMARTS) is 2. The van der Waals surface area contributed by atoms with E-state index >= 15 is 0 Å². The van der Waals surface area contributed by atoms with E-state index in [0.717, 1.165) is 13.0 Å². The standard InChI is InChI=1S/C14H20ClN3O3.C4H6O6.H2O/c1-20-12-6-10(16)9(15)5-8(12)14(19)18-11-3-4-17-7-13(11)21-2;5-1(3(7)8)2(6)4(9)10;/h5-6,11,13,17H,3-4,7,16H2,1-2H3,(H,18,19);1-2,5-6H,(H,7,8)(H,9,10);1H2/t11-,13+;;/m1../s1. The summed E-state index contributed by atoms with van der Waals surface area (Å²) in [5, 5.41) is 39.1. The van der Waals surface area contributed by atoms with E-state index < -0.39 is 24.1 Å². The minimum atomic E-state index is -2.27. The fourth-order valence-corrected chi connectivity index (χ4v) is 2.84. The van der Waals surface area contributed by atoms with Crippen LogP contribution in [0.4, 0.5) is 5.69 Å². The zero-order valence-electron chi connectivity index (χ0n) is 17.4. The molecule has 4 atom stereocenters. The molecule has 1 aromatic rings. The first kappa shape index (κ1) is 29.3. The number of nitrogens with two attached hydrogens (primary N) is 1. The van der Waals surface area contributed by atoms with Crippen molar-refractivity contribution in [1.29, 1.82) is 0 Å². The lowest BCUT2D eigenvalue weighted by Gasteiger charge is -2.31. The van der Waals surface area contributed by atoms with Crippen LogP contribution in [0.3, 0.4) is 0 Å². The Balaban J connectivity index is 0.000000747. The molecule has 2 rings (SSSR count). The van der Waals surface area contributed by atoms with Crippen molar-refractivity contribution < 1.29 is 49.8 Å². The number of hydrogen-bond acceptors (Lipinski definition) is 9. The molecule has 1 fully saturated rings. The zero-order chi connectivity index (χ0) is 23.7. The molecule has 2 unspecified atom stereocenters. The maximum Gasteiger partial charge on any atom is 0.335 e. The zero-order valence-corrected chi connectivity index (χ0v) is 18.1. The van der Waals surface area contributed by atoms with Gasteiger partial charge in [-0.2, -0.15) is 0 Å². The molecule has 13 nitrogen and oxygen atoms in total. The number of aliphatic carboxylic acids is 2. The number of rotatable bonds is 7. The Bertz CT molecular complexity index is 777. The molecule has 182 valence electrons. The van der Waals surface area contributed by atoms with Crippen molar-refractivity contribution in [2.45, 2.75) is 30.8 Å². The summed E-state index contributed by atoms with van der Waals surface area (Å²) in [6.45, 7) is 1.55. The van der Waals surface area contributed by atoms with Crippen LogP contribution in [0, 0.1) is 0 Å². The van der Waals surface area contributed by atoms with E-state index in [1.807, 2.05) is 0 Å². The molecule has 0 aliphatic carbocycles. The lowest BCUT2D eigenvalue weighted by Crippen LogP contribution is -2.53. The molecular formula is C18H28ClN3O10. The summed E-state index contributed by atoms with van der Waals surface area (Å²) in [6, 6.07) is 3.02. The molecule has 0 bridgehead atoms. The molecule has 1 saturated heterocycles. The van der Waals surface area contributed by atoms with Gasteiger partial charge in [0.25, 0.3) is 5.91 Å². The summed E-state index contributed by atoms with van der Waals surface area (Å²) >= 11 is 5.99. The number of nitrogen functional groups attached to an aromatic ring is 1. The smallest absolute Gasteiger partial charge is 0.335 e. The maximum atomic E-state index is 12.5. The molecule has 1 aliphatic rings. The number of carbonyl (C=O) groups is 3. The van der Waals surface area contributed by atoms with Crippen LogP contribution in [0.15, 0.2) is 12.1 Å². The van der Waals surface area contributed by atoms with Crippen molar-refractivity contribution >= 4 is 35.1 Å². The molecular weight excluding hydrogens is 454 g/mol. The molecule has 14 heteroatoms. The predicted octanol–water partition coefficient (Wildman–Crippen LogP) is -1.91. The third-order valence-electron chi connectivity index (χ3n) is 4.41. The average molecular weight is 482 g/mol. The summed E-state index contributed by atoms with van der Waals surface area (Å²) in [6.07, 6.45) is -3.79. The van der Waals surface area contributed by atoms with Crippen LogP contribution < -0.4 is 21.1 Å². The number of halogens is 1. The van der Waals surface area contributed by atoms with Crippen molar-refractivity contribution in [3.05, 3.63) is 22.7 Å². The minimum absolute atomic E-state index is 0. The second-order valence-electron chi connectivity index (χ2n) is 6.49. The summed E-state index contributed by atoms with van der Waals surface area (Å²) in [4.78, 5) is 32.0. The number of ether oxygens (including phenoxy) is 2. The van der Waals surface area contributed by atoms with Gasteiger partial charge in [-0.05, 0) is 19.0 Å². The van der Waals surface area contributed by atoms with Gasteiger partial charge in [0, 0.05) is 19.7 Å². The Morgan fingerprint density at radius 2 is 1.75 bits per heavy atom. The quantitative estimate of drug-likeness (QED) is 0.212. The second-order valence-corrected chi connectivity index (χ2v) is 6.89. The largest absolute Gasteiger partial charge is 0.496 e. The summed E-state index contributed by atoms with van der Waals surface area (Å²) in [5.41, 5.74) is 6.46. The molecule has 0 aromatic heterocycles. The fourth-order valence-electron chi connectivity index (χ4n) is 2.67. The number of amides is 1. The highest BCUT2D eigenvalue weighted by atomic mass is 35.5. The van der Waals surface area contributed by atoms with Gasteiger partial charge >= 0.3 is 11.9 Å². The SMILES string of the molecule is COc1cc(N)c(Cl)cc1C(=O)N[C@@H]1CCNC[C@@H]1OC.O.O=C(O)C(O)C(O)C(=O)O. The van der Waals surface area contributed by atoms with E-state index in [2.05, 4.69) is 10.6 Å². The fraction of sp³-hybridized carbons (Fsp3) is 0.500. The van der Waals surface area contributed by atoms with Crippen molar-refractivity contribution in [3.63, 3.8) is 0 Å². The maximum absolute atomic E-state index is 12.5. The van der Waals surface area contributed by atoms with Gasteiger partial charge in [0.2, 0.25) is 0 Å². The van der Waals surface area contributed by atoms with Crippen LogP contribution in [0.5, 0.6) is 5.75 Å². The Kier molecular flexibility index (Phi) is 12.5. The number of aliphatic hydroxyl groups is 2. The Hall–Kier alpha value is -2.68. The summed E-state index contributed by atoms with van der Waals surface area (Å²) in [5.74, 6) is -3.38. The lowest BCUT2D eigenvalue weighted by molar-refractivity contribution is -0.165. The molecule has 0 spiro atoms. The second kappa shape index (κ2) is 13.7. The van der Waals surface area contributed by atoms with E-state index in [0.29, 0.717) is 28.6 Å². The number of methoxy groups -OCH3 is 2. The van der Waals surface area contributed by atoms with Crippen molar-refractivity contribution in [2.75, 3.05) is 33.0 Å². The first-order valence-corrected chi connectivity index (χ1v) is 9.40. The number of hydrogen-bond donors (Lipinski definition) is 7. The van der Waals surface area contributed by atoms with Gasteiger partial charge in [-0.1, -0.05) is 11.6 Å². The number of nitrogens with one attached hydrogen (secondary N) is 2. The Labute approximate surface area is 188 Å². The molecule has 0 radical (unpaired) electrons. The highest BCUT2D eigenvalue weighted by Gasteiger charge is 2.29. The third-order valence-corrected chi connectivity index (χ3v) is 4.74. The van der Waals surface area contributed by atoms with E-state index in [-0.39, 0.29) is 23.5 Å². The molecule has 1 aliphatic heterocycles. The van der Waals surface area contributed by atoms with Gasteiger partial charge in [-0.3, -0.25) is 4.79 Å². The molecule has 10 N–H and O–H groups in total. The van der Waals surface area contributed by atoms with Crippen molar-refractivity contribution in [1.82, 2.24) is 10.6 Å². The normalized spacial score (nSPS) is 19.3. The van der Waals surface area contributed by atoms with Crippen molar-refractivity contribution in [2.24, 2.45) is 0 Å². The van der Waals surface area contributed by atoms with E-state index in [1.165, 1.54) is 13.2 Å². The monoisotopic (exact) mass is 481 g/mol. The highest BCUT2D eigenvalue weighted by Crippen LogP contribution is 2.29. The van der Waals surface area contributed by atoms with Gasteiger partial charge in [0.05, 0.1) is 35.5 Å². The van der Waals surface area contributed by atoms with Gasteiger partial charge in [0.15, 0.2) is 12.2 Å². The first-order valence-electron chi connectivity index (χ1n) is 9.02. The number of piperidine rings is 1. The Morgan fingerprint density at radius 3 is 2.22 bits per heavy atom. The number of benzene rings is 1. The van der Waals surface area contributed by atoms with Gasteiger partial charge < -0.3 is 51.7 Å². The summed E-state index contributed by atoms with van der Waals surface area (Å²) in [7, 11) is 3.12. The highest BCUT2D eigenvalue weighted by molar-refractivity contribution is 6.33. The minimum Gasteiger partial charge on any atom is -0.496 e. The molecule has 1 aromatic carbocycles. The average Bonchev–Trinajstić information content (AvgIpc) is 2.74. The van der Waals surface area contributed by atoms with Crippen molar-refractivity contribution in [3.8, 4) is 5.75 Å². The van der Waals surface area contributed by atoms with Crippen LogP contribution >= 0.6 is 11.6 Å². The van der Waals surface area contributed by atoms with Crippen LogP contribution in [0.1, 0.15) is 16.8 Å². The van der Waals surface area contributed by atoms with Crippen LogP contribution in [-0.4, -0.2) is 95.4 Å². The van der Waals surface area contributed by atoms with Crippen LogP contribution in [-0.2, 0) is 14.3 Å². The van der Waals surface area contributed by atoms with E-state index in [9.17, 15) is 14.4 Å². The predicted molar refractivity (Wildman–Crippen MR) is 113 cm³/mol. The third kappa shape index (κ3) is 8.11. The van der Waals surface area contributed by atoms with Gasteiger partial charge in [-0.15, -0.1) is 0 Å². The molecule has 0 saturated carbocycles. The topological polar surface area (TPSA) is 232 Å². The number of anilines is 1. The number of carboxylic acids is 2. The summed E-state index contributed by atoms with van der Waals surface area (Å²) < 4.78 is 10.6. The van der Waals surface area contributed by atoms with Crippen LogP contribution in [0.25, 0.3) is 0 Å².